The van der Waals surface area contributed by atoms with Gasteiger partial charge in [-0.05, 0) is 23.6 Å². The quantitative estimate of drug-likeness (QED) is 0.426. The van der Waals surface area contributed by atoms with Gasteiger partial charge in [-0.15, -0.1) is 0 Å². The molecule has 140 valence electrons. The number of thioether (sulfide) groups is 1. The highest BCUT2D eigenvalue weighted by Gasteiger charge is 2.47. The zero-order valence-corrected chi connectivity index (χ0v) is 15.7. The first-order valence-electron chi connectivity index (χ1n) is 8.99. The molecule has 0 radical (unpaired) electrons. The highest BCUT2D eigenvalue weighted by molar-refractivity contribution is 7.99. The third-order valence-corrected chi connectivity index (χ3v) is 6.12. The maximum absolute atomic E-state index is 9.07. The molecule has 2 saturated heterocycles. The summed E-state index contributed by atoms with van der Waals surface area (Å²) in [7, 11) is 0. The fraction of sp³-hybridized carbons (Fsp3) is 0.400. The van der Waals surface area contributed by atoms with Gasteiger partial charge in [-0.25, -0.2) is 0 Å². The average Bonchev–Trinajstić information content (AvgIpc) is 2.72. The molecule has 7 heteroatoms. The minimum atomic E-state index is -0.427. The molecule has 0 saturated carbocycles. The van der Waals surface area contributed by atoms with Crippen molar-refractivity contribution < 1.29 is 14.2 Å². The van der Waals surface area contributed by atoms with Crippen LogP contribution in [0, 0.1) is 5.92 Å². The number of hydrogen-bond donors (Lipinski definition) is 0. The smallest absolute Gasteiger partial charge is 0.184 e. The monoisotopic (exact) mass is 383 g/mol. The van der Waals surface area contributed by atoms with Crippen LogP contribution in [0.1, 0.15) is 18.8 Å². The lowest BCUT2D eigenvalue weighted by molar-refractivity contribution is -0.295. The molecular formula is C20H21N3O3S. The minimum Gasteiger partial charge on any atom is -0.358 e. The average molecular weight is 383 g/mol. The Labute approximate surface area is 162 Å². The largest absolute Gasteiger partial charge is 0.358 e. The molecule has 27 heavy (non-hydrogen) atoms. The zero-order chi connectivity index (χ0) is 18.6. The van der Waals surface area contributed by atoms with Crippen molar-refractivity contribution in [3.05, 3.63) is 76.7 Å². The number of fused-ring (bicyclic) bond motifs is 1. The summed E-state index contributed by atoms with van der Waals surface area (Å²) < 4.78 is 18.4. The molecule has 2 heterocycles. The van der Waals surface area contributed by atoms with Crippen LogP contribution in [0.3, 0.4) is 0 Å². The third kappa shape index (κ3) is 3.98. The Bertz CT molecular complexity index is 801. The van der Waals surface area contributed by atoms with Gasteiger partial charge in [-0.3, -0.25) is 0 Å². The lowest BCUT2D eigenvalue weighted by atomic mass is 9.89. The maximum Gasteiger partial charge on any atom is 0.184 e. The van der Waals surface area contributed by atoms with Crippen molar-refractivity contribution in [3.8, 4) is 0 Å². The predicted molar refractivity (Wildman–Crippen MR) is 103 cm³/mol. The maximum atomic E-state index is 9.07. The number of rotatable bonds is 4. The first kappa shape index (κ1) is 18.3. The Hall–Kier alpha value is -2.02. The Morgan fingerprint density at radius 2 is 1.74 bits per heavy atom. The summed E-state index contributed by atoms with van der Waals surface area (Å²) in [6, 6.07) is 19.5. The number of ether oxygens (including phenoxy) is 3. The molecule has 0 aromatic heterocycles. The van der Waals surface area contributed by atoms with Crippen molar-refractivity contribution >= 4 is 11.8 Å². The Morgan fingerprint density at radius 1 is 1.04 bits per heavy atom. The van der Waals surface area contributed by atoms with Crippen LogP contribution in [0.25, 0.3) is 10.4 Å². The normalized spacial score (nSPS) is 32.9. The summed E-state index contributed by atoms with van der Waals surface area (Å²) in [6.45, 7) is 2.51. The second-order valence-electron chi connectivity index (χ2n) is 6.71. The summed E-state index contributed by atoms with van der Waals surface area (Å²) in [5, 5.41) is 4.04. The fourth-order valence-electron chi connectivity index (χ4n) is 3.56. The Kier molecular flexibility index (Phi) is 5.66. The van der Waals surface area contributed by atoms with E-state index in [1.165, 1.54) is 0 Å². The second kappa shape index (κ2) is 8.33. The van der Waals surface area contributed by atoms with Gasteiger partial charge < -0.3 is 14.2 Å². The van der Waals surface area contributed by atoms with Crippen LogP contribution < -0.4 is 0 Å². The lowest BCUT2D eigenvalue weighted by Crippen LogP contribution is -2.56. The van der Waals surface area contributed by atoms with Gasteiger partial charge in [0.05, 0.1) is 18.8 Å². The molecule has 0 aliphatic carbocycles. The van der Waals surface area contributed by atoms with E-state index in [1.807, 2.05) is 60.7 Å². The number of benzene rings is 2. The summed E-state index contributed by atoms with van der Waals surface area (Å²) in [4.78, 5) is 4.14. The summed E-state index contributed by atoms with van der Waals surface area (Å²) in [6.07, 6.45) is -0.804. The predicted octanol–water partition coefficient (Wildman–Crippen LogP) is 4.93. The van der Waals surface area contributed by atoms with Gasteiger partial charge in [0.25, 0.3) is 0 Å². The standard InChI is InChI=1S/C20H21N3O3S/c1-13-17(22-23-21)20(27-15-10-6-3-7-11-15)25-16-12-24-19(26-18(13)16)14-8-4-2-5-9-14/h2-11,13,16-20H,12H2,1H3/t13-,16-,17-,18+,19?,20-/m1/s1. The Morgan fingerprint density at radius 3 is 2.44 bits per heavy atom. The van der Waals surface area contributed by atoms with Crippen LogP contribution in [0.5, 0.6) is 0 Å². The minimum absolute atomic E-state index is 0.0102. The third-order valence-electron chi connectivity index (χ3n) is 4.96. The first-order valence-corrected chi connectivity index (χ1v) is 9.87. The molecule has 2 aromatic carbocycles. The van der Waals surface area contributed by atoms with E-state index in [9.17, 15) is 0 Å². The molecule has 0 N–H and O–H groups in total. The van der Waals surface area contributed by atoms with Crippen LogP contribution in [-0.4, -0.2) is 30.3 Å². The lowest BCUT2D eigenvalue weighted by Gasteiger charge is -2.47. The highest BCUT2D eigenvalue weighted by Crippen LogP contribution is 2.42. The fourth-order valence-corrected chi connectivity index (χ4v) is 4.78. The molecule has 2 aromatic rings. The van der Waals surface area contributed by atoms with Crippen LogP contribution in [0.2, 0.25) is 0 Å². The van der Waals surface area contributed by atoms with Gasteiger partial charge >= 0.3 is 0 Å². The highest BCUT2D eigenvalue weighted by atomic mass is 32.2. The van der Waals surface area contributed by atoms with E-state index in [1.54, 1.807) is 11.8 Å². The van der Waals surface area contributed by atoms with Gasteiger partial charge in [0.1, 0.15) is 11.5 Å². The van der Waals surface area contributed by atoms with Crippen LogP contribution in [0.15, 0.2) is 70.7 Å². The van der Waals surface area contributed by atoms with E-state index in [-0.39, 0.29) is 29.6 Å². The van der Waals surface area contributed by atoms with Crippen molar-refractivity contribution in [2.75, 3.05) is 6.61 Å². The molecule has 4 rings (SSSR count). The van der Waals surface area contributed by atoms with E-state index >= 15 is 0 Å². The van der Waals surface area contributed by atoms with Crippen molar-refractivity contribution in [3.63, 3.8) is 0 Å². The molecule has 1 unspecified atom stereocenters. The van der Waals surface area contributed by atoms with E-state index in [0.717, 1.165) is 10.5 Å². The second-order valence-corrected chi connectivity index (χ2v) is 7.88. The van der Waals surface area contributed by atoms with E-state index in [4.69, 9.17) is 19.7 Å². The van der Waals surface area contributed by atoms with Gasteiger partial charge in [0.15, 0.2) is 6.29 Å². The molecule has 6 nitrogen and oxygen atoms in total. The molecule has 0 spiro atoms. The molecular weight excluding hydrogens is 362 g/mol. The molecule has 6 atom stereocenters. The molecule has 2 aliphatic heterocycles. The molecule has 2 fully saturated rings. The topological polar surface area (TPSA) is 76.5 Å². The van der Waals surface area contributed by atoms with Gasteiger partial charge in [-0.2, -0.15) is 0 Å². The number of azide groups is 1. The summed E-state index contributed by atoms with van der Waals surface area (Å²) in [5.74, 6) is 0.0102. The summed E-state index contributed by atoms with van der Waals surface area (Å²) in [5.41, 5.74) is 9.77. The van der Waals surface area contributed by atoms with Gasteiger partial charge in [-0.1, -0.05) is 72.3 Å². The van der Waals surface area contributed by atoms with Crippen molar-refractivity contribution in [1.29, 1.82) is 0 Å². The van der Waals surface area contributed by atoms with E-state index < -0.39 is 6.29 Å². The number of hydrogen-bond acceptors (Lipinski definition) is 5. The number of nitrogens with zero attached hydrogens (tertiary/aromatic N) is 3. The molecule has 0 bridgehead atoms. The first-order chi connectivity index (χ1) is 13.3. The van der Waals surface area contributed by atoms with Gasteiger partial charge in [0, 0.05) is 15.4 Å². The van der Waals surface area contributed by atoms with Crippen LogP contribution in [0.4, 0.5) is 0 Å². The van der Waals surface area contributed by atoms with Crippen LogP contribution >= 0.6 is 11.8 Å². The summed E-state index contributed by atoms with van der Waals surface area (Å²) >= 11 is 1.57. The zero-order valence-electron chi connectivity index (χ0n) is 14.9. The van der Waals surface area contributed by atoms with Crippen molar-refractivity contribution in [1.82, 2.24) is 0 Å². The van der Waals surface area contributed by atoms with Gasteiger partial charge in [0.2, 0.25) is 0 Å². The van der Waals surface area contributed by atoms with E-state index in [2.05, 4.69) is 16.9 Å². The SMILES string of the molecule is C[C@@H]1[C@@H](N=[N+]=[N-])[C@@H](Sc2ccccc2)O[C@@H]2COC(c3ccccc3)O[C@@H]12. The van der Waals surface area contributed by atoms with Crippen molar-refractivity contribution in [2.24, 2.45) is 11.0 Å². The molecule has 0 amide bonds. The van der Waals surface area contributed by atoms with Crippen molar-refractivity contribution in [2.45, 2.75) is 41.8 Å². The Balaban J connectivity index is 1.53. The van der Waals surface area contributed by atoms with Crippen LogP contribution in [-0.2, 0) is 14.2 Å². The molecule has 2 aliphatic rings. The van der Waals surface area contributed by atoms with E-state index in [0.29, 0.717) is 6.61 Å².